The summed E-state index contributed by atoms with van der Waals surface area (Å²) in [6.07, 6.45) is 2.63. The summed E-state index contributed by atoms with van der Waals surface area (Å²) < 4.78 is 5.42. The number of thiophene rings is 1. The third kappa shape index (κ3) is 1.66. The highest BCUT2D eigenvalue weighted by Gasteiger charge is 2.30. The molecule has 0 aromatic carbocycles. The van der Waals surface area contributed by atoms with Crippen molar-refractivity contribution in [3.05, 3.63) is 17.8 Å². The molecule has 1 aliphatic heterocycles. The van der Waals surface area contributed by atoms with E-state index in [0.717, 1.165) is 35.7 Å². The van der Waals surface area contributed by atoms with Gasteiger partial charge in [-0.25, -0.2) is 9.97 Å². The van der Waals surface area contributed by atoms with E-state index in [1.807, 2.05) is 5.38 Å². The lowest BCUT2D eigenvalue weighted by atomic mass is 10.0. The minimum atomic E-state index is 0.00319. The molecule has 84 valence electrons. The van der Waals surface area contributed by atoms with E-state index in [0.29, 0.717) is 0 Å². The predicted octanol–water partition coefficient (Wildman–Crippen LogP) is 2.28. The van der Waals surface area contributed by atoms with E-state index in [-0.39, 0.29) is 5.54 Å². The number of hydrogen-bond donors (Lipinski definition) is 1. The summed E-state index contributed by atoms with van der Waals surface area (Å²) in [4.78, 5) is 9.58. The smallest absolute Gasteiger partial charge is 0.138 e. The molecular weight excluding hydrogens is 222 g/mol. The SMILES string of the molecule is CC1(Nc2ncnc3sccc23)CCOC1. The van der Waals surface area contributed by atoms with Crippen molar-refractivity contribution in [1.82, 2.24) is 9.97 Å². The lowest BCUT2D eigenvalue weighted by Crippen LogP contribution is -2.35. The lowest BCUT2D eigenvalue weighted by molar-refractivity contribution is 0.185. The van der Waals surface area contributed by atoms with Gasteiger partial charge >= 0.3 is 0 Å². The van der Waals surface area contributed by atoms with Crippen molar-refractivity contribution >= 4 is 27.4 Å². The Hall–Kier alpha value is -1.20. The monoisotopic (exact) mass is 235 g/mol. The van der Waals surface area contributed by atoms with Gasteiger partial charge in [0.05, 0.1) is 17.5 Å². The van der Waals surface area contributed by atoms with E-state index < -0.39 is 0 Å². The number of rotatable bonds is 2. The van der Waals surface area contributed by atoms with Crippen molar-refractivity contribution in [2.75, 3.05) is 18.5 Å². The van der Waals surface area contributed by atoms with E-state index in [9.17, 15) is 0 Å². The molecule has 3 heterocycles. The summed E-state index contributed by atoms with van der Waals surface area (Å²) in [5, 5.41) is 6.61. The molecule has 0 spiro atoms. The largest absolute Gasteiger partial charge is 0.379 e. The van der Waals surface area contributed by atoms with Crippen molar-refractivity contribution in [1.29, 1.82) is 0 Å². The highest BCUT2D eigenvalue weighted by atomic mass is 32.1. The number of aromatic nitrogens is 2. The molecule has 3 rings (SSSR count). The van der Waals surface area contributed by atoms with Crippen LogP contribution >= 0.6 is 11.3 Å². The quantitative estimate of drug-likeness (QED) is 0.867. The first kappa shape index (κ1) is 9.99. The van der Waals surface area contributed by atoms with Crippen molar-refractivity contribution < 1.29 is 4.74 Å². The Kier molecular flexibility index (Phi) is 2.29. The van der Waals surface area contributed by atoms with Crippen LogP contribution < -0.4 is 5.32 Å². The zero-order valence-electron chi connectivity index (χ0n) is 9.06. The molecule has 2 aromatic heterocycles. The maximum absolute atomic E-state index is 5.42. The van der Waals surface area contributed by atoms with Crippen molar-refractivity contribution in [2.45, 2.75) is 18.9 Å². The molecular formula is C11H13N3OS. The van der Waals surface area contributed by atoms with Crippen LogP contribution in [0.1, 0.15) is 13.3 Å². The summed E-state index contributed by atoms with van der Waals surface area (Å²) in [5.74, 6) is 0.916. The first-order chi connectivity index (χ1) is 7.77. The summed E-state index contributed by atoms with van der Waals surface area (Å²) in [6, 6.07) is 2.06. The van der Waals surface area contributed by atoms with Gasteiger partial charge in [0.2, 0.25) is 0 Å². The lowest BCUT2D eigenvalue weighted by Gasteiger charge is -2.24. The second-order valence-corrected chi connectivity index (χ2v) is 5.24. The Morgan fingerprint density at radius 1 is 1.50 bits per heavy atom. The van der Waals surface area contributed by atoms with Crippen molar-refractivity contribution in [3.63, 3.8) is 0 Å². The molecule has 1 saturated heterocycles. The van der Waals surface area contributed by atoms with Gasteiger partial charge in [0.1, 0.15) is 17.0 Å². The van der Waals surface area contributed by atoms with Crippen molar-refractivity contribution in [2.24, 2.45) is 0 Å². The Labute approximate surface area is 97.7 Å². The molecule has 0 saturated carbocycles. The van der Waals surface area contributed by atoms with Gasteiger partial charge in [0.15, 0.2) is 0 Å². The number of fused-ring (bicyclic) bond motifs is 1. The summed E-state index contributed by atoms with van der Waals surface area (Å²) in [7, 11) is 0. The Morgan fingerprint density at radius 2 is 2.44 bits per heavy atom. The van der Waals surface area contributed by atoms with Crippen LogP contribution in [0.3, 0.4) is 0 Å². The fraction of sp³-hybridized carbons (Fsp3) is 0.455. The topological polar surface area (TPSA) is 47.0 Å². The van der Waals surface area contributed by atoms with Crippen LogP contribution in [0.25, 0.3) is 10.2 Å². The molecule has 1 fully saturated rings. The van der Waals surface area contributed by atoms with Crippen LogP contribution in [-0.4, -0.2) is 28.7 Å². The molecule has 1 N–H and O–H groups in total. The first-order valence-corrected chi connectivity index (χ1v) is 6.19. The molecule has 1 atom stereocenters. The number of nitrogens with one attached hydrogen (secondary N) is 1. The van der Waals surface area contributed by atoms with Crippen LogP contribution in [-0.2, 0) is 4.74 Å². The fourth-order valence-corrected chi connectivity index (χ4v) is 2.67. The second-order valence-electron chi connectivity index (χ2n) is 4.35. The van der Waals surface area contributed by atoms with Crippen molar-refractivity contribution in [3.8, 4) is 0 Å². The van der Waals surface area contributed by atoms with Crippen LogP contribution in [0.15, 0.2) is 17.8 Å². The molecule has 0 bridgehead atoms. The van der Waals surface area contributed by atoms with Gasteiger partial charge in [-0.2, -0.15) is 0 Å². The minimum Gasteiger partial charge on any atom is -0.379 e. The third-order valence-corrected chi connectivity index (χ3v) is 3.72. The fourth-order valence-electron chi connectivity index (χ4n) is 1.94. The Morgan fingerprint density at radius 3 is 3.25 bits per heavy atom. The third-order valence-electron chi connectivity index (χ3n) is 2.90. The molecule has 1 aliphatic rings. The van der Waals surface area contributed by atoms with E-state index in [1.165, 1.54) is 0 Å². The molecule has 5 heteroatoms. The first-order valence-electron chi connectivity index (χ1n) is 5.31. The van der Waals surface area contributed by atoms with E-state index in [4.69, 9.17) is 4.74 Å². The normalized spacial score (nSPS) is 25.1. The highest BCUT2D eigenvalue weighted by molar-refractivity contribution is 7.16. The molecule has 1 unspecified atom stereocenters. The summed E-state index contributed by atoms with van der Waals surface area (Å²) in [5.41, 5.74) is 0.00319. The minimum absolute atomic E-state index is 0.00319. The second kappa shape index (κ2) is 3.68. The zero-order valence-corrected chi connectivity index (χ0v) is 9.88. The van der Waals surface area contributed by atoms with Crippen LogP contribution in [0.4, 0.5) is 5.82 Å². The summed E-state index contributed by atoms with van der Waals surface area (Å²) in [6.45, 7) is 3.73. The average molecular weight is 235 g/mol. The van der Waals surface area contributed by atoms with Gasteiger partial charge in [-0.15, -0.1) is 11.3 Å². The summed E-state index contributed by atoms with van der Waals surface area (Å²) >= 11 is 1.64. The molecule has 16 heavy (non-hydrogen) atoms. The van der Waals surface area contributed by atoms with Gasteiger partial charge in [-0.05, 0) is 24.8 Å². The highest BCUT2D eigenvalue weighted by Crippen LogP contribution is 2.28. The van der Waals surface area contributed by atoms with Gasteiger partial charge in [-0.3, -0.25) is 0 Å². The van der Waals surface area contributed by atoms with Gasteiger partial charge < -0.3 is 10.1 Å². The Balaban J connectivity index is 1.96. The van der Waals surface area contributed by atoms with Gasteiger partial charge in [-0.1, -0.05) is 0 Å². The number of ether oxygens (including phenoxy) is 1. The van der Waals surface area contributed by atoms with Gasteiger partial charge in [0, 0.05) is 6.61 Å². The molecule has 0 radical (unpaired) electrons. The van der Waals surface area contributed by atoms with Crippen LogP contribution in [0.5, 0.6) is 0 Å². The van der Waals surface area contributed by atoms with Crippen LogP contribution in [0, 0.1) is 0 Å². The predicted molar refractivity (Wildman–Crippen MR) is 64.9 cm³/mol. The van der Waals surface area contributed by atoms with E-state index in [1.54, 1.807) is 17.7 Å². The number of nitrogens with zero attached hydrogens (tertiary/aromatic N) is 2. The van der Waals surface area contributed by atoms with Gasteiger partial charge in [0.25, 0.3) is 0 Å². The molecule has 0 aliphatic carbocycles. The molecule has 2 aromatic rings. The zero-order chi connectivity index (χ0) is 11.0. The van der Waals surface area contributed by atoms with Crippen LogP contribution in [0.2, 0.25) is 0 Å². The molecule has 0 amide bonds. The standard InChI is InChI=1S/C11H13N3OS/c1-11(3-4-15-6-11)14-9-8-2-5-16-10(8)13-7-12-9/h2,5,7H,3-4,6H2,1H3,(H,12,13,14). The number of hydrogen-bond acceptors (Lipinski definition) is 5. The maximum atomic E-state index is 5.42. The average Bonchev–Trinajstić information content (AvgIpc) is 2.87. The van der Waals surface area contributed by atoms with E-state index in [2.05, 4.69) is 28.3 Å². The molecule has 4 nitrogen and oxygen atoms in total. The number of anilines is 1. The maximum Gasteiger partial charge on any atom is 0.138 e. The van der Waals surface area contributed by atoms with E-state index >= 15 is 0 Å². The Bertz CT molecular complexity index is 505.